The second kappa shape index (κ2) is 7.34. The van der Waals surface area contributed by atoms with Crippen LogP contribution in [0.15, 0.2) is 18.2 Å². The standard InChI is InChI=1S/C13H18N2O5/c1-3-15(6-7-16)13(19)14-10-8-9(12(17)18)4-5-11(10)20-2/h4-5,8,16H,3,6-7H2,1-2H3,(H,14,19)(H,17,18). The van der Waals surface area contributed by atoms with Gasteiger partial charge in [0.2, 0.25) is 0 Å². The van der Waals surface area contributed by atoms with E-state index in [-0.39, 0.29) is 24.4 Å². The molecule has 1 aromatic carbocycles. The number of benzene rings is 1. The van der Waals surface area contributed by atoms with Crippen molar-refractivity contribution in [1.82, 2.24) is 4.90 Å². The lowest BCUT2D eigenvalue weighted by atomic mass is 10.2. The van der Waals surface area contributed by atoms with Crippen molar-refractivity contribution in [3.05, 3.63) is 23.8 Å². The first-order valence-electron chi connectivity index (χ1n) is 6.11. The van der Waals surface area contributed by atoms with Crippen molar-refractivity contribution >= 4 is 17.7 Å². The van der Waals surface area contributed by atoms with E-state index in [1.807, 2.05) is 0 Å². The quantitative estimate of drug-likeness (QED) is 0.729. The van der Waals surface area contributed by atoms with E-state index >= 15 is 0 Å². The van der Waals surface area contributed by atoms with E-state index in [9.17, 15) is 9.59 Å². The van der Waals surface area contributed by atoms with Gasteiger partial charge in [0, 0.05) is 13.1 Å². The number of likely N-dealkylation sites (N-methyl/N-ethyl adjacent to an activating group) is 1. The van der Waals surface area contributed by atoms with Crippen LogP contribution in [0.2, 0.25) is 0 Å². The number of carboxylic acid groups (broad SMARTS) is 1. The molecule has 0 aliphatic heterocycles. The van der Waals surface area contributed by atoms with Gasteiger partial charge in [-0.15, -0.1) is 0 Å². The van der Waals surface area contributed by atoms with Crippen LogP contribution in [0.5, 0.6) is 5.75 Å². The molecule has 0 fully saturated rings. The van der Waals surface area contributed by atoms with Crippen molar-refractivity contribution < 1.29 is 24.5 Å². The van der Waals surface area contributed by atoms with Gasteiger partial charge in [-0.3, -0.25) is 0 Å². The van der Waals surface area contributed by atoms with Crippen LogP contribution < -0.4 is 10.1 Å². The summed E-state index contributed by atoms with van der Waals surface area (Å²) >= 11 is 0. The van der Waals surface area contributed by atoms with Crippen molar-refractivity contribution in [3.63, 3.8) is 0 Å². The second-order valence-corrected chi connectivity index (χ2v) is 3.95. The van der Waals surface area contributed by atoms with Crippen LogP contribution in [0, 0.1) is 0 Å². The van der Waals surface area contributed by atoms with Gasteiger partial charge in [0.1, 0.15) is 5.75 Å². The number of aliphatic hydroxyl groups is 1. The fourth-order valence-electron chi connectivity index (χ4n) is 1.66. The van der Waals surface area contributed by atoms with E-state index < -0.39 is 12.0 Å². The molecular weight excluding hydrogens is 264 g/mol. The van der Waals surface area contributed by atoms with Crippen molar-refractivity contribution in [3.8, 4) is 5.75 Å². The topological polar surface area (TPSA) is 99.1 Å². The Kier molecular flexibility index (Phi) is 5.79. The van der Waals surface area contributed by atoms with Crippen LogP contribution in [0.1, 0.15) is 17.3 Å². The van der Waals surface area contributed by atoms with E-state index in [1.54, 1.807) is 6.92 Å². The van der Waals surface area contributed by atoms with Crippen LogP contribution in [-0.4, -0.2) is 53.9 Å². The van der Waals surface area contributed by atoms with Gasteiger partial charge in [0.15, 0.2) is 0 Å². The normalized spacial score (nSPS) is 9.95. The van der Waals surface area contributed by atoms with E-state index in [4.69, 9.17) is 14.9 Å². The number of hydrogen-bond acceptors (Lipinski definition) is 4. The summed E-state index contributed by atoms with van der Waals surface area (Å²) in [5.41, 5.74) is 0.320. The molecule has 0 radical (unpaired) electrons. The second-order valence-electron chi connectivity index (χ2n) is 3.95. The third-order valence-electron chi connectivity index (χ3n) is 2.73. The molecule has 1 rings (SSSR count). The maximum Gasteiger partial charge on any atom is 0.335 e. The van der Waals surface area contributed by atoms with E-state index in [2.05, 4.69) is 5.32 Å². The minimum Gasteiger partial charge on any atom is -0.495 e. The Bertz CT molecular complexity index is 490. The largest absolute Gasteiger partial charge is 0.495 e. The summed E-state index contributed by atoms with van der Waals surface area (Å²) in [5, 5.41) is 20.4. The lowest BCUT2D eigenvalue weighted by Gasteiger charge is -2.21. The zero-order chi connectivity index (χ0) is 15.1. The Morgan fingerprint density at radius 2 is 2.10 bits per heavy atom. The van der Waals surface area contributed by atoms with E-state index in [0.29, 0.717) is 12.3 Å². The van der Waals surface area contributed by atoms with Crippen molar-refractivity contribution in [2.75, 3.05) is 32.1 Å². The molecule has 1 aromatic rings. The molecule has 0 unspecified atom stereocenters. The Labute approximate surface area is 116 Å². The first-order chi connectivity index (χ1) is 9.53. The Balaban J connectivity index is 2.97. The lowest BCUT2D eigenvalue weighted by molar-refractivity contribution is 0.0697. The Morgan fingerprint density at radius 3 is 2.60 bits per heavy atom. The van der Waals surface area contributed by atoms with Crippen LogP contribution in [0.25, 0.3) is 0 Å². The Hall–Kier alpha value is -2.28. The van der Waals surface area contributed by atoms with Gasteiger partial charge in [-0.25, -0.2) is 9.59 Å². The summed E-state index contributed by atoms with van der Waals surface area (Å²) in [7, 11) is 1.43. The van der Waals surface area contributed by atoms with Gasteiger partial charge in [-0.2, -0.15) is 0 Å². The molecule has 2 amide bonds. The SMILES string of the molecule is CCN(CCO)C(=O)Nc1cc(C(=O)O)ccc1OC. The molecule has 110 valence electrons. The van der Waals surface area contributed by atoms with Crippen LogP contribution in [0.4, 0.5) is 10.5 Å². The van der Waals surface area contributed by atoms with Crippen molar-refractivity contribution in [2.24, 2.45) is 0 Å². The molecule has 0 atom stereocenters. The average Bonchev–Trinajstić information content (AvgIpc) is 2.44. The van der Waals surface area contributed by atoms with Gasteiger partial charge in [-0.1, -0.05) is 0 Å². The zero-order valence-electron chi connectivity index (χ0n) is 11.4. The van der Waals surface area contributed by atoms with Crippen molar-refractivity contribution in [2.45, 2.75) is 6.92 Å². The molecule has 7 nitrogen and oxygen atoms in total. The molecule has 0 aliphatic carbocycles. The molecule has 3 N–H and O–H groups in total. The first-order valence-corrected chi connectivity index (χ1v) is 6.11. The molecule has 20 heavy (non-hydrogen) atoms. The molecule has 0 bridgehead atoms. The summed E-state index contributed by atoms with van der Waals surface area (Å²) in [6, 6.07) is 3.76. The molecule has 0 heterocycles. The lowest BCUT2D eigenvalue weighted by Crippen LogP contribution is -2.36. The number of aliphatic hydroxyl groups excluding tert-OH is 1. The predicted molar refractivity (Wildman–Crippen MR) is 73.3 cm³/mol. The molecule has 0 aliphatic rings. The summed E-state index contributed by atoms with van der Waals surface area (Å²) in [6.45, 7) is 2.25. The number of amides is 2. The molecule has 0 spiro atoms. The number of hydrogen-bond donors (Lipinski definition) is 3. The Morgan fingerprint density at radius 1 is 1.40 bits per heavy atom. The molecule has 0 saturated heterocycles. The zero-order valence-corrected chi connectivity index (χ0v) is 11.4. The van der Waals surface area contributed by atoms with Crippen molar-refractivity contribution in [1.29, 1.82) is 0 Å². The number of carbonyl (C=O) groups is 2. The summed E-state index contributed by atoms with van der Waals surface area (Å²) in [6.07, 6.45) is 0. The predicted octanol–water partition coefficient (Wildman–Crippen LogP) is 1.24. The maximum atomic E-state index is 12.0. The average molecular weight is 282 g/mol. The fourth-order valence-corrected chi connectivity index (χ4v) is 1.66. The summed E-state index contributed by atoms with van der Waals surface area (Å²) in [5.74, 6) is -0.728. The van der Waals surface area contributed by atoms with Gasteiger partial charge in [0.05, 0.1) is 25.0 Å². The van der Waals surface area contributed by atoms with Crippen LogP contribution >= 0.6 is 0 Å². The van der Waals surface area contributed by atoms with Crippen LogP contribution in [-0.2, 0) is 0 Å². The third-order valence-corrected chi connectivity index (χ3v) is 2.73. The maximum absolute atomic E-state index is 12.0. The highest BCUT2D eigenvalue weighted by Gasteiger charge is 2.15. The number of carbonyl (C=O) groups excluding carboxylic acids is 1. The minimum absolute atomic E-state index is 0.0475. The highest BCUT2D eigenvalue weighted by molar-refractivity contribution is 5.94. The molecule has 0 saturated carbocycles. The van der Waals surface area contributed by atoms with E-state index in [0.717, 1.165) is 0 Å². The van der Waals surface area contributed by atoms with Gasteiger partial charge < -0.3 is 25.2 Å². The number of nitrogens with one attached hydrogen (secondary N) is 1. The minimum atomic E-state index is -1.09. The first kappa shape index (κ1) is 15.8. The van der Waals surface area contributed by atoms with Crippen LogP contribution in [0.3, 0.4) is 0 Å². The number of aromatic carboxylic acids is 1. The summed E-state index contributed by atoms with van der Waals surface area (Å²) in [4.78, 5) is 24.3. The monoisotopic (exact) mass is 282 g/mol. The van der Waals surface area contributed by atoms with Gasteiger partial charge in [0.25, 0.3) is 0 Å². The molecular formula is C13H18N2O5. The highest BCUT2D eigenvalue weighted by Crippen LogP contribution is 2.25. The molecule has 7 heteroatoms. The number of anilines is 1. The number of nitrogens with zero attached hydrogens (tertiary/aromatic N) is 1. The smallest absolute Gasteiger partial charge is 0.335 e. The van der Waals surface area contributed by atoms with Gasteiger partial charge in [-0.05, 0) is 25.1 Å². The number of urea groups is 1. The molecule has 0 aromatic heterocycles. The highest BCUT2D eigenvalue weighted by atomic mass is 16.5. The number of ether oxygens (including phenoxy) is 1. The third kappa shape index (κ3) is 3.86. The number of carboxylic acids is 1. The number of methoxy groups -OCH3 is 1. The van der Waals surface area contributed by atoms with Gasteiger partial charge >= 0.3 is 12.0 Å². The van der Waals surface area contributed by atoms with E-state index in [1.165, 1.54) is 30.2 Å². The summed E-state index contributed by atoms with van der Waals surface area (Å²) < 4.78 is 5.08. The fraction of sp³-hybridized carbons (Fsp3) is 0.385. The number of rotatable bonds is 6.